The number of rotatable bonds is 9. The molecular weight excluding hydrogens is 226 g/mol. The van der Waals surface area contributed by atoms with Gasteiger partial charge in [0.05, 0.1) is 11.4 Å². The maximum Gasteiger partial charge on any atom is 0.0547 e. The summed E-state index contributed by atoms with van der Waals surface area (Å²) in [6.45, 7) is 6.67. The topological polar surface area (TPSA) is 37.4 Å². The lowest BCUT2D eigenvalue weighted by Gasteiger charge is -2.16. The van der Waals surface area contributed by atoms with E-state index in [-0.39, 0.29) is 0 Å². The summed E-state index contributed by atoms with van der Waals surface area (Å²) in [5.41, 5.74) is 2.24. The van der Waals surface area contributed by atoms with Crippen LogP contribution in [0.25, 0.3) is 0 Å². The van der Waals surface area contributed by atoms with Crippen molar-refractivity contribution in [2.75, 3.05) is 33.9 Å². The first-order valence-electron chi connectivity index (χ1n) is 6.59. The molecule has 1 N–H and O–H groups in total. The van der Waals surface area contributed by atoms with E-state index in [2.05, 4.69) is 47.4 Å². The summed E-state index contributed by atoms with van der Waals surface area (Å²) in [6.07, 6.45) is 1.06. The van der Waals surface area contributed by atoms with Crippen molar-refractivity contribution in [2.24, 2.45) is 0 Å². The normalized spacial score (nSPS) is 11.1. The lowest BCUT2D eigenvalue weighted by molar-refractivity contribution is 0.177. The van der Waals surface area contributed by atoms with Gasteiger partial charge in [0.2, 0.25) is 0 Å². The molecule has 4 heteroatoms. The Balaban J connectivity index is 2.40. The van der Waals surface area contributed by atoms with Gasteiger partial charge in [0.25, 0.3) is 0 Å². The van der Waals surface area contributed by atoms with Crippen LogP contribution in [0, 0.1) is 0 Å². The lowest BCUT2D eigenvalue weighted by Crippen LogP contribution is -2.21. The van der Waals surface area contributed by atoms with Crippen molar-refractivity contribution in [1.82, 2.24) is 15.2 Å². The van der Waals surface area contributed by atoms with Gasteiger partial charge < -0.3 is 15.0 Å². The Labute approximate surface area is 110 Å². The highest BCUT2D eigenvalue weighted by molar-refractivity contribution is 5.11. The molecule has 1 aromatic rings. The summed E-state index contributed by atoms with van der Waals surface area (Å²) in [5.74, 6) is 0. The Bertz CT molecular complexity index is 331. The molecule has 1 rings (SSSR count). The Hall–Kier alpha value is -0.970. The molecule has 0 saturated heterocycles. The highest BCUT2D eigenvalue weighted by Gasteiger charge is 2.02. The van der Waals surface area contributed by atoms with E-state index in [0.717, 1.165) is 50.6 Å². The quantitative estimate of drug-likeness (QED) is 0.677. The third-order valence-corrected chi connectivity index (χ3v) is 2.74. The monoisotopic (exact) mass is 251 g/mol. The summed E-state index contributed by atoms with van der Waals surface area (Å²) in [5, 5.41) is 3.29. The summed E-state index contributed by atoms with van der Waals surface area (Å²) in [6, 6.07) is 6.23. The molecule has 0 atom stereocenters. The number of hydrogen-bond acceptors (Lipinski definition) is 4. The summed E-state index contributed by atoms with van der Waals surface area (Å²) in [7, 11) is 3.86. The third kappa shape index (κ3) is 6.10. The van der Waals surface area contributed by atoms with Gasteiger partial charge in [-0.1, -0.05) is 13.0 Å². The fraction of sp³-hybridized carbons (Fsp3) is 0.643. The SMILES string of the molecule is CCNCc1cccc(CN(C)CCCOC)n1. The number of methoxy groups -OCH3 is 1. The van der Waals surface area contributed by atoms with Gasteiger partial charge in [0.15, 0.2) is 0 Å². The van der Waals surface area contributed by atoms with Gasteiger partial charge in [-0.3, -0.25) is 4.98 Å². The first-order chi connectivity index (χ1) is 8.76. The first-order valence-corrected chi connectivity index (χ1v) is 6.59. The average molecular weight is 251 g/mol. The molecular formula is C14H25N3O. The maximum atomic E-state index is 5.06. The van der Waals surface area contributed by atoms with Crippen LogP contribution in [-0.4, -0.2) is 43.7 Å². The first kappa shape index (κ1) is 15.1. The zero-order valence-corrected chi connectivity index (χ0v) is 11.8. The zero-order valence-electron chi connectivity index (χ0n) is 11.8. The van der Waals surface area contributed by atoms with Crippen LogP contribution >= 0.6 is 0 Å². The molecule has 0 unspecified atom stereocenters. The smallest absolute Gasteiger partial charge is 0.0547 e. The average Bonchev–Trinajstić information content (AvgIpc) is 2.37. The summed E-state index contributed by atoms with van der Waals surface area (Å²) < 4.78 is 5.06. The van der Waals surface area contributed by atoms with Crippen molar-refractivity contribution < 1.29 is 4.74 Å². The molecule has 0 aliphatic carbocycles. The van der Waals surface area contributed by atoms with Crippen molar-refractivity contribution in [2.45, 2.75) is 26.4 Å². The van der Waals surface area contributed by atoms with E-state index in [1.807, 2.05) is 0 Å². The van der Waals surface area contributed by atoms with Crippen molar-refractivity contribution in [1.29, 1.82) is 0 Å². The van der Waals surface area contributed by atoms with Crippen molar-refractivity contribution in [3.63, 3.8) is 0 Å². The predicted octanol–water partition coefficient (Wildman–Crippen LogP) is 1.66. The fourth-order valence-electron chi connectivity index (χ4n) is 1.80. The van der Waals surface area contributed by atoms with Crippen molar-refractivity contribution >= 4 is 0 Å². The van der Waals surface area contributed by atoms with Gasteiger partial charge in [-0.15, -0.1) is 0 Å². The van der Waals surface area contributed by atoms with Crippen LogP contribution in [-0.2, 0) is 17.8 Å². The van der Waals surface area contributed by atoms with Gasteiger partial charge in [0, 0.05) is 33.4 Å². The zero-order chi connectivity index (χ0) is 13.2. The van der Waals surface area contributed by atoms with E-state index < -0.39 is 0 Å². The Morgan fingerprint density at radius 3 is 2.83 bits per heavy atom. The molecule has 102 valence electrons. The van der Waals surface area contributed by atoms with E-state index in [4.69, 9.17) is 4.74 Å². The van der Waals surface area contributed by atoms with Crippen LogP contribution in [0.15, 0.2) is 18.2 Å². The van der Waals surface area contributed by atoms with Crippen LogP contribution < -0.4 is 5.32 Å². The number of pyridine rings is 1. The van der Waals surface area contributed by atoms with Crippen LogP contribution in [0.1, 0.15) is 24.7 Å². The van der Waals surface area contributed by atoms with E-state index in [9.17, 15) is 0 Å². The summed E-state index contributed by atoms with van der Waals surface area (Å²) >= 11 is 0. The van der Waals surface area contributed by atoms with Crippen LogP contribution in [0.5, 0.6) is 0 Å². The van der Waals surface area contributed by atoms with Gasteiger partial charge in [-0.2, -0.15) is 0 Å². The maximum absolute atomic E-state index is 5.06. The Morgan fingerprint density at radius 2 is 2.11 bits per heavy atom. The van der Waals surface area contributed by atoms with Crippen LogP contribution in [0.2, 0.25) is 0 Å². The van der Waals surface area contributed by atoms with E-state index in [0.29, 0.717) is 0 Å². The lowest BCUT2D eigenvalue weighted by atomic mass is 10.2. The molecule has 0 aromatic carbocycles. The number of ether oxygens (including phenoxy) is 1. The minimum Gasteiger partial charge on any atom is -0.385 e. The number of aromatic nitrogens is 1. The number of nitrogens with zero attached hydrogens (tertiary/aromatic N) is 2. The molecule has 0 spiro atoms. The second kappa shape index (κ2) is 9.03. The van der Waals surface area contributed by atoms with Gasteiger partial charge in [0.1, 0.15) is 0 Å². The largest absolute Gasteiger partial charge is 0.385 e. The number of hydrogen-bond donors (Lipinski definition) is 1. The molecule has 4 nitrogen and oxygen atoms in total. The number of nitrogens with one attached hydrogen (secondary N) is 1. The second-order valence-electron chi connectivity index (χ2n) is 4.48. The molecule has 1 aromatic heterocycles. The van der Waals surface area contributed by atoms with E-state index in [1.165, 1.54) is 0 Å². The van der Waals surface area contributed by atoms with Crippen molar-refractivity contribution in [3.8, 4) is 0 Å². The molecule has 1 heterocycles. The second-order valence-corrected chi connectivity index (χ2v) is 4.48. The molecule has 0 bridgehead atoms. The molecule has 0 saturated carbocycles. The van der Waals surface area contributed by atoms with Gasteiger partial charge >= 0.3 is 0 Å². The highest BCUT2D eigenvalue weighted by Crippen LogP contribution is 2.03. The Morgan fingerprint density at radius 1 is 1.33 bits per heavy atom. The van der Waals surface area contributed by atoms with Gasteiger partial charge in [-0.05, 0) is 32.1 Å². The highest BCUT2D eigenvalue weighted by atomic mass is 16.5. The fourth-order valence-corrected chi connectivity index (χ4v) is 1.80. The van der Waals surface area contributed by atoms with E-state index >= 15 is 0 Å². The molecule has 0 aliphatic rings. The molecule has 0 fully saturated rings. The standard InChI is InChI=1S/C14H25N3O/c1-4-15-11-13-7-5-8-14(16-13)12-17(2)9-6-10-18-3/h5,7-8,15H,4,6,9-12H2,1-3H3. The minimum atomic E-state index is 0.818. The van der Waals surface area contributed by atoms with Crippen LogP contribution in [0.3, 0.4) is 0 Å². The molecule has 0 aliphatic heterocycles. The molecule has 0 amide bonds. The van der Waals surface area contributed by atoms with E-state index in [1.54, 1.807) is 7.11 Å². The predicted molar refractivity (Wildman–Crippen MR) is 74.4 cm³/mol. The van der Waals surface area contributed by atoms with Gasteiger partial charge in [-0.25, -0.2) is 0 Å². The Kier molecular flexibility index (Phi) is 7.57. The molecule has 18 heavy (non-hydrogen) atoms. The molecule has 0 radical (unpaired) electrons. The third-order valence-electron chi connectivity index (χ3n) is 2.74. The minimum absolute atomic E-state index is 0.818. The summed E-state index contributed by atoms with van der Waals surface area (Å²) in [4.78, 5) is 6.92. The van der Waals surface area contributed by atoms with Crippen LogP contribution in [0.4, 0.5) is 0 Å². The van der Waals surface area contributed by atoms with Crippen molar-refractivity contribution in [3.05, 3.63) is 29.6 Å².